The Labute approximate surface area is 173 Å². The number of nitrogens with two attached hydrogens (primary N) is 2. The van der Waals surface area contributed by atoms with Crippen LogP contribution in [0.15, 0.2) is 55.0 Å². The fourth-order valence-corrected chi connectivity index (χ4v) is 2.96. The molecule has 0 radical (unpaired) electrons. The molecule has 7 nitrogen and oxygen atoms in total. The summed E-state index contributed by atoms with van der Waals surface area (Å²) in [5.74, 6) is 0.241. The van der Waals surface area contributed by atoms with Crippen LogP contribution in [0.3, 0.4) is 0 Å². The number of nitriles is 1. The maximum atomic E-state index is 8.41. The van der Waals surface area contributed by atoms with Gasteiger partial charge in [0.1, 0.15) is 29.6 Å². The van der Waals surface area contributed by atoms with Crippen molar-refractivity contribution in [3.05, 3.63) is 71.3 Å². The number of anilines is 2. The van der Waals surface area contributed by atoms with E-state index in [1.54, 1.807) is 12.3 Å². The third kappa shape index (κ3) is 4.39. The minimum atomic E-state index is 0.120. The van der Waals surface area contributed by atoms with Gasteiger partial charge in [-0.1, -0.05) is 30.7 Å². The van der Waals surface area contributed by atoms with Gasteiger partial charge in [0, 0.05) is 22.2 Å². The van der Waals surface area contributed by atoms with Crippen molar-refractivity contribution in [2.24, 2.45) is 0 Å². The summed E-state index contributed by atoms with van der Waals surface area (Å²) in [5.41, 5.74) is 14.7. The van der Waals surface area contributed by atoms with Crippen LogP contribution in [0, 0.1) is 11.3 Å². The molecule has 4 N–H and O–H groups in total. The molecule has 0 saturated carbocycles. The van der Waals surface area contributed by atoms with Gasteiger partial charge in [-0.25, -0.2) is 9.97 Å². The molecule has 0 bridgehead atoms. The van der Waals surface area contributed by atoms with E-state index in [0.29, 0.717) is 0 Å². The fraction of sp³-hybridized carbons (Fsp3) is 0.0952. The molecular weight excluding hydrogens is 386 g/mol. The quantitative estimate of drug-likeness (QED) is 0.517. The fourth-order valence-electron chi connectivity index (χ4n) is 2.74. The summed E-state index contributed by atoms with van der Waals surface area (Å²) >= 11 is 6.25. The van der Waals surface area contributed by atoms with Crippen molar-refractivity contribution in [2.75, 3.05) is 11.5 Å². The lowest BCUT2D eigenvalue weighted by atomic mass is 10.0. The molecule has 144 valence electrons. The number of aryl methyl sites for hydroxylation is 1. The van der Waals surface area contributed by atoms with Crippen LogP contribution in [0.2, 0.25) is 5.02 Å². The van der Waals surface area contributed by atoms with Crippen LogP contribution in [0.4, 0.5) is 11.6 Å². The first-order chi connectivity index (χ1) is 14.0. The monoisotopic (exact) mass is 403 g/mol. The highest BCUT2D eigenvalue weighted by Gasteiger charge is 2.10. The number of nitrogen functional groups attached to an aromatic ring is 2. The van der Waals surface area contributed by atoms with Crippen molar-refractivity contribution in [1.82, 2.24) is 19.9 Å². The summed E-state index contributed by atoms with van der Waals surface area (Å²) in [4.78, 5) is 16.3. The molecule has 3 aromatic heterocycles. The van der Waals surface area contributed by atoms with Gasteiger partial charge in [-0.15, -0.1) is 0 Å². The Bertz CT molecular complexity index is 1170. The van der Waals surface area contributed by atoms with E-state index in [1.807, 2.05) is 36.4 Å². The molecule has 0 unspecified atom stereocenters. The van der Waals surface area contributed by atoms with Crippen LogP contribution >= 0.6 is 11.6 Å². The molecule has 0 amide bonds. The van der Waals surface area contributed by atoms with Crippen molar-refractivity contribution in [1.29, 1.82) is 5.26 Å². The van der Waals surface area contributed by atoms with Gasteiger partial charge in [0.2, 0.25) is 0 Å². The Hall–Kier alpha value is -3.76. The zero-order valence-electron chi connectivity index (χ0n) is 15.7. The number of nitrogens with zero attached hydrogens (tertiary/aromatic N) is 5. The van der Waals surface area contributed by atoms with Crippen LogP contribution in [-0.4, -0.2) is 19.9 Å². The summed E-state index contributed by atoms with van der Waals surface area (Å²) in [5, 5.41) is 10.1. The van der Waals surface area contributed by atoms with E-state index >= 15 is 0 Å². The molecule has 0 spiro atoms. The summed E-state index contributed by atoms with van der Waals surface area (Å²) < 4.78 is 0. The molecule has 0 fully saturated rings. The molecule has 3 heterocycles. The van der Waals surface area contributed by atoms with Gasteiger partial charge in [-0.3, -0.25) is 9.97 Å². The predicted molar refractivity (Wildman–Crippen MR) is 115 cm³/mol. The van der Waals surface area contributed by atoms with Gasteiger partial charge >= 0.3 is 0 Å². The van der Waals surface area contributed by atoms with Crippen LogP contribution in [0.25, 0.3) is 22.2 Å². The highest BCUT2D eigenvalue weighted by Crippen LogP contribution is 2.29. The van der Waals surface area contributed by atoms with E-state index in [4.69, 9.17) is 33.3 Å². The second-order valence-corrected chi connectivity index (χ2v) is 6.40. The number of rotatable bonds is 2. The Balaban J connectivity index is 0.000000204. The minimum absolute atomic E-state index is 0.120. The molecule has 8 heteroatoms. The van der Waals surface area contributed by atoms with E-state index in [-0.39, 0.29) is 17.2 Å². The maximum absolute atomic E-state index is 8.41. The molecule has 1 aromatic carbocycles. The van der Waals surface area contributed by atoms with Crippen LogP contribution in [0.1, 0.15) is 18.2 Å². The highest BCUT2D eigenvalue weighted by molar-refractivity contribution is 6.35. The summed E-state index contributed by atoms with van der Waals surface area (Å²) in [6, 6.07) is 15.6. The average molecular weight is 404 g/mol. The smallest absolute Gasteiger partial charge is 0.146 e. The third-order valence-electron chi connectivity index (χ3n) is 4.18. The second kappa shape index (κ2) is 8.95. The van der Waals surface area contributed by atoms with Gasteiger partial charge in [-0.05, 0) is 36.8 Å². The average Bonchev–Trinajstić information content (AvgIpc) is 2.74. The number of hydrogen-bond acceptors (Lipinski definition) is 7. The Kier molecular flexibility index (Phi) is 6.17. The van der Waals surface area contributed by atoms with Gasteiger partial charge < -0.3 is 11.5 Å². The number of hydrogen-bond donors (Lipinski definition) is 2. The SMILES string of the molecule is CCc1nc2cccc(Cl)c2cc1-c1ccccn1.N#Cc1c(N)ncnc1N. The number of fused-ring (bicyclic) bond motifs is 1. The number of halogens is 1. The number of benzene rings is 1. The van der Waals surface area contributed by atoms with Crippen LogP contribution < -0.4 is 11.5 Å². The minimum Gasteiger partial charge on any atom is -0.382 e. The molecular formula is C21H18ClN7. The topological polar surface area (TPSA) is 127 Å². The maximum Gasteiger partial charge on any atom is 0.146 e. The summed E-state index contributed by atoms with van der Waals surface area (Å²) in [7, 11) is 0. The highest BCUT2D eigenvalue weighted by atomic mass is 35.5. The lowest BCUT2D eigenvalue weighted by Crippen LogP contribution is -2.01. The molecule has 0 aliphatic rings. The lowest BCUT2D eigenvalue weighted by molar-refractivity contribution is 1.05. The first-order valence-electron chi connectivity index (χ1n) is 8.80. The third-order valence-corrected chi connectivity index (χ3v) is 4.51. The van der Waals surface area contributed by atoms with Crippen molar-refractivity contribution in [3.63, 3.8) is 0 Å². The van der Waals surface area contributed by atoms with Gasteiger partial charge in [-0.2, -0.15) is 5.26 Å². The zero-order chi connectivity index (χ0) is 20.8. The lowest BCUT2D eigenvalue weighted by Gasteiger charge is -2.09. The first kappa shape index (κ1) is 20.0. The molecule has 0 saturated heterocycles. The number of pyridine rings is 2. The Morgan fingerprint density at radius 2 is 1.79 bits per heavy atom. The van der Waals surface area contributed by atoms with Crippen LogP contribution in [-0.2, 0) is 6.42 Å². The molecule has 0 aliphatic heterocycles. The van der Waals surface area contributed by atoms with Crippen molar-refractivity contribution >= 4 is 34.1 Å². The van der Waals surface area contributed by atoms with E-state index in [2.05, 4.69) is 27.9 Å². The summed E-state index contributed by atoms with van der Waals surface area (Å²) in [6.45, 7) is 2.10. The standard InChI is InChI=1S/C16H13ClN2.C5H5N5/c1-2-14-12(15-7-3-4-9-18-15)10-11-13(17)6-5-8-16(11)19-14;6-1-3-4(7)9-2-10-5(3)8/h3-10H,2H2,1H3;2H,(H4,7,8,9,10). The van der Waals surface area contributed by atoms with Gasteiger partial charge in [0.05, 0.1) is 16.9 Å². The van der Waals surface area contributed by atoms with Crippen molar-refractivity contribution in [2.45, 2.75) is 13.3 Å². The molecule has 29 heavy (non-hydrogen) atoms. The van der Waals surface area contributed by atoms with Gasteiger partial charge in [0.25, 0.3) is 0 Å². The first-order valence-corrected chi connectivity index (χ1v) is 9.18. The van der Waals surface area contributed by atoms with Crippen LogP contribution in [0.5, 0.6) is 0 Å². The zero-order valence-corrected chi connectivity index (χ0v) is 16.4. The Morgan fingerprint density at radius 3 is 2.38 bits per heavy atom. The largest absolute Gasteiger partial charge is 0.382 e. The number of aromatic nitrogens is 4. The summed E-state index contributed by atoms with van der Waals surface area (Å²) in [6.07, 6.45) is 3.88. The van der Waals surface area contributed by atoms with Crippen molar-refractivity contribution in [3.8, 4) is 17.3 Å². The molecule has 0 atom stereocenters. The van der Waals surface area contributed by atoms with E-state index in [0.717, 1.165) is 39.3 Å². The predicted octanol–water partition coefficient (Wildman–Crippen LogP) is 4.03. The van der Waals surface area contributed by atoms with Gasteiger partial charge in [0.15, 0.2) is 0 Å². The van der Waals surface area contributed by atoms with E-state index < -0.39 is 0 Å². The second-order valence-electron chi connectivity index (χ2n) is 5.99. The molecule has 4 aromatic rings. The van der Waals surface area contributed by atoms with E-state index in [1.165, 1.54) is 6.33 Å². The molecule has 4 rings (SSSR count). The van der Waals surface area contributed by atoms with Crippen molar-refractivity contribution < 1.29 is 0 Å². The normalized spacial score (nSPS) is 10.1. The Morgan fingerprint density at radius 1 is 1.03 bits per heavy atom. The molecule has 0 aliphatic carbocycles. The van der Waals surface area contributed by atoms with E-state index in [9.17, 15) is 0 Å².